The van der Waals surface area contributed by atoms with Crippen molar-refractivity contribution in [3.63, 3.8) is 0 Å². The Morgan fingerprint density at radius 1 is 1.42 bits per heavy atom. The number of benzene rings is 1. The van der Waals surface area contributed by atoms with Gasteiger partial charge in [-0.05, 0) is 24.1 Å². The molecule has 0 heterocycles. The molecule has 6 nitrogen and oxygen atoms in total. The van der Waals surface area contributed by atoms with E-state index < -0.39 is 17.5 Å². The summed E-state index contributed by atoms with van der Waals surface area (Å²) in [4.78, 5) is 22.9. The van der Waals surface area contributed by atoms with Crippen LogP contribution >= 0.6 is 0 Å². The number of carbonyl (C=O) groups is 2. The van der Waals surface area contributed by atoms with Gasteiger partial charge in [0.05, 0.1) is 0 Å². The number of aliphatic carboxylic acids is 1. The van der Waals surface area contributed by atoms with Crippen LogP contribution in [0.25, 0.3) is 0 Å². The smallest absolute Gasteiger partial charge is 0.338 e. The Balaban J connectivity index is 2.70. The quantitative estimate of drug-likeness (QED) is 0.400. The third-order valence-electron chi connectivity index (χ3n) is 2.71. The third kappa shape index (κ3) is 3.69. The molecule has 6 heteroatoms. The number of ether oxygens (including phenoxy) is 1. The summed E-state index contributed by atoms with van der Waals surface area (Å²) in [6.07, 6.45) is 0.494. The van der Waals surface area contributed by atoms with Crippen molar-refractivity contribution in [1.82, 2.24) is 0 Å². The lowest BCUT2D eigenvalue weighted by atomic mass is 9.95. The van der Waals surface area contributed by atoms with E-state index in [1.54, 1.807) is 31.2 Å². The van der Waals surface area contributed by atoms with Crippen LogP contribution in [0.3, 0.4) is 0 Å². The number of rotatable bonds is 6. The van der Waals surface area contributed by atoms with Gasteiger partial charge in [0.2, 0.25) is 5.54 Å². The lowest BCUT2D eigenvalue weighted by Gasteiger charge is -2.21. The van der Waals surface area contributed by atoms with Crippen LogP contribution in [0.15, 0.2) is 24.3 Å². The molecule has 0 amide bonds. The fourth-order valence-corrected chi connectivity index (χ4v) is 1.65. The molecule has 5 N–H and O–H groups in total. The second-order valence-electron chi connectivity index (χ2n) is 4.35. The fourth-order valence-electron chi connectivity index (χ4n) is 1.65. The first kappa shape index (κ1) is 15.0. The van der Waals surface area contributed by atoms with Gasteiger partial charge in [-0.3, -0.25) is 0 Å². The van der Waals surface area contributed by atoms with Crippen molar-refractivity contribution in [2.75, 3.05) is 5.73 Å². The molecule has 0 aliphatic rings. The average molecular weight is 266 g/mol. The van der Waals surface area contributed by atoms with Crippen molar-refractivity contribution in [3.8, 4) is 0 Å². The molecule has 104 valence electrons. The van der Waals surface area contributed by atoms with Crippen LogP contribution in [0.4, 0.5) is 5.69 Å². The monoisotopic (exact) mass is 266 g/mol. The van der Waals surface area contributed by atoms with E-state index >= 15 is 0 Å². The molecule has 1 aromatic carbocycles. The number of anilines is 1. The molecule has 0 aliphatic carbocycles. The first-order valence-electron chi connectivity index (χ1n) is 5.94. The summed E-state index contributed by atoms with van der Waals surface area (Å²) in [5.74, 6) is -2.32. The summed E-state index contributed by atoms with van der Waals surface area (Å²) in [6.45, 7) is 1.69. The molecule has 1 unspecified atom stereocenters. The first-order valence-corrected chi connectivity index (χ1v) is 5.94. The van der Waals surface area contributed by atoms with E-state index in [-0.39, 0.29) is 13.0 Å². The number of carboxylic acids is 1. The highest BCUT2D eigenvalue weighted by molar-refractivity contribution is 6.03. The highest BCUT2D eigenvalue weighted by Gasteiger charge is 2.43. The van der Waals surface area contributed by atoms with Crippen molar-refractivity contribution >= 4 is 17.6 Å². The molecule has 0 aliphatic heterocycles. The van der Waals surface area contributed by atoms with Crippen molar-refractivity contribution < 1.29 is 19.4 Å². The molecular weight excluding hydrogens is 248 g/mol. The minimum absolute atomic E-state index is 0.0259. The predicted molar refractivity (Wildman–Crippen MR) is 70.1 cm³/mol. The highest BCUT2D eigenvalue weighted by atomic mass is 16.5. The number of carboxylic acid groups (broad SMARTS) is 1. The van der Waals surface area contributed by atoms with Crippen LogP contribution in [0.5, 0.6) is 0 Å². The number of hydrogen-bond acceptors (Lipinski definition) is 5. The maximum atomic E-state index is 11.8. The van der Waals surface area contributed by atoms with Crippen LogP contribution in [0.1, 0.15) is 25.3 Å². The first-order chi connectivity index (χ1) is 8.90. The van der Waals surface area contributed by atoms with Gasteiger partial charge in [0.1, 0.15) is 6.61 Å². The van der Waals surface area contributed by atoms with Gasteiger partial charge in [-0.2, -0.15) is 0 Å². The largest absolute Gasteiger partial charge is 0.479 e. The molecule has 0 bridgehead atoms. The maximum Gasteiger partial charge on any atom is 0.338 e. The van der Waals surface area contributed by atoms with E-state index in [9.17, 15) is 9.59 Å². The average Bonchev–Trinajstić information content (AvgIpc) is 2.36. The van der Waals surface area contributed by atoms with E-state index in [0.717, 1.165) is 0 Å². The fraction of sp³-hybridized carbons (Fsp3) is 0.385. The molecule has 1 rings (SSSR count). The van der Waals surface area contributed by atoms with Crippen LogP contribution in [-0.4, -0.2) is 22.6 Å². The zero-order chi connectivity index (χ0) is 14.5. The molecule has 19 heavy (non-hydrogen) atoms. The van der Waals surface area contributed by atoms with Crippen LogP contribution in [0, 0.1) is 0 Å². The Morgan fingerprint density at radius 3 is 2.63 bits per heavy atom. The Labute approximate surface area is 111 Å². The molecule has 1 aromatic rings. The number of nitrogens with two attached hydrogens (primary N) is 2. The van der Waals surface area contributed by atoms with Gasteiger partial charge >= 0.3 is 11.9 Å². The minimum atomic E-state index is -1.99. The van der Waals surface area contributed by atoms with Gasteiger partial charge in [-0.15, -0.1) is 0 Å². The second kappa shape index (κ2) is 6.19. The summed E-state index contributed by atoms with van der Waals surface area (Å²) in [5.41, 5.74) is 10.4. The molecule has 0 spiro atoms. The number of esters is 1. The molecular formula is C13H18N2O4. The van der Waals surface area contributed by atoms with Crippen molar-refractivity contribution in [1.29, 1.82) is 0 Å². The molecule has 0 radical (unpaired) electrons. The Hall–Kier alpha value is -2.08. The lowest BCUT2D eigenvalue weighted by molar-refractivity contribution is -0.162. The lowest BCUT2D eigenvalue weighted by Crippen LogP contribution is -2.55. The Bertz CT molecular complexity index is 475. The van der Waals surface area contributed by atoms with E-state index in [2.05, 4.69) is 0 Å². The van der Waals surface area contributed by atoms with Gasteiger partial charge < -0.3 is 21.3 Å². The zero-order valence-corrected chi connectivity index (χ0v) is 10.8. The number of hydrogen-bond donors (Lipinski definition) is 3. The molecule has 0 aromatic heterocycles. The Morgan fingerprint density at radius 2 is 2.11 bits per heavy atom. The Kier molecular flexibility index (Phi) is 4.88. The van der Waals surface area contributed by atoms with Gasteiger partial charge in [0, 0.05) is 5.69 Å². The van der Waals surface area contributed by atoms with Crippen LogP contribution in [0.2, 0.25) is 0 Å². The van der Waals surface area contributed by atoms with E-state index in [1.807, 2.05) is 0 Å². The molecule has 1 atom stereocenters. The standard InChI is InChI=1S/C13H18N2O4/c1-2-6-13(15,11(16)17)12(18)19-8-9-4-3-5-10(14)7-9/h3-5,7H,2,6,8,14-15H2,1H3,(H,16,17). The summed E-state index contributed by atoms with van der Waals surface area (Å²) in [5, 5.41) is 9.03. The highest BCUT2D eigenvalue weighted by Crippen LogP contribution is 2.15. The van der Waals surface area contributed by atoms with Gasteiger partial charge in [-0.25, -0.2) is 9.59 Å². The normalized spacial score (nSPS) is 13.6. The van der Waals surface area contributed by atoms with Gasteiger partial charge in [-0.1, -0.05) is 25.5 Å². The SMILES string of the molecule is CCCC(N)(C(=O)O)C(=O)OCc1cccc(N)c1. The topological polar surface area (TPSA) is 116 Å². The minimum Gasteiger partial charge on any atom is -0.479 e. The molecule has 0 saturated carbocycles. The van der Waals surface area contributed by atoms with Gasteiger partial charge in [0.25, 0.3) is 0 Å². The van der Waals surface area contributed by atoms with Crippen LogP contribution < -0.4 is 11.5 Å². The van der Waals surface area contributed by atoms with Crippen molar-refractivity contribution in [3.05, 3.63) is 29.8 Å². The summed E-state index contributed by atoms with van der Waals surface area (Å²) in [6, 6.07) is 6.79. The van der Waals surface area contributed by atoms with Crippen molar-refractivity contribution in [2.45, 2.75) is 31.9 Å². The van der Waals surface area contributed by atoms with E-state index in [0.29, 0.717) is 17.7 Å². The number of carbonyl (C=O) groups excluding carboxylic acids is 1. The predicted octanol–water partition coefficient (Wildman–Crippen LogP) is 0.894. The summed E-state index contributed by atoms with van der Waals surface area (Å²) < 4.78 is 4.96. The van der Waals surface area contributed by atoms with Crippen LogP contribution in [-0.2, 0) is 20.9 Å². The second-order valence-corrected chi connectivity index (χ2v) is 4.35. The molecule has 0 fully saturated rings. The van der Waals surface area contributed by atoms with E-state index in [4.69, 9.17) is 21.3 Å². The summed E-state index contributed by atoms with van der Waals surface area (Å²) in [7, 11) is 0. The summed E-state index contributed by atoms with van der Waals surface area (Å²) >= 11 is 0. The zero-order valence-electron chi connectivity index (χ0n) is 10.8. The maximum absolute atomic E-state index is 11.8. The molecule has 0 saturated heterocycles. The van der Waals surface area contributed by atoms with Gasteiger partial charge in [0.15, 0.2) is 0 Å². The van der Waals surface area contributed by atoms with E-state index in [1.165, 1.54) is 0 Å². The van der Waals surface area contributed by atoms with Crippen molar-refractivity contribution in [2.24, 2.45) is 5.73 Å². The third-order valence-corrected chi connectivity index (χ3v) is 2.71. The number of nitrogen functional groups attached to an aromatic ring is 1.